The first-order chi connectivity index (χ1) is 12.1. The number of carbonyl (C=O) groups excluding carboxylic acids is 3. The van der Waals surface area contributed by atoms with Gasteiger partial charge in [-0.05, 0) is 12.1 Å². The molecule has 1 aromatic carbocycles. The van der Waals surface area contributed by atoms with Gasteiger partial charge >= 0.3 is 6.03 Å². The van der Waals surface area contributed by atoms with Crippen LogP contribution in [-0.4, -0.2) is 47.9 Å². The number of rotatable bonds is 6. The van der Waals surface area contributed by atoms with Gasteiger partial charge in [-0.1, -0.05) is 12.1 Å². The number of nitrogens with one attached hydrogen (secondary N) is 2. The lowest BCUT2D eigenvalue weighted by molar-refractivity contribution is -0.130. The summed E-state index contributed by atoms with van der Waals surface area (Å²) < 4.78 is 5.20. The lowest BCUT2D eigenvalue weighted by Gasteiger charge is -2.11. The second-order valence-electron chi connectivity index (χ2n) is 5.28. The summed E-state index contributed by atoms with van der Waals surface area (Å²) in [6.07, 6.45) is 1.69. The monoisotopic (exact) mass is 360 g/mol. The van der Waals surface area contributed by atoms with Crippen molar-refractivity contribution in [3.63, 3.8) is 0 Å². The maximum atomic E-state index is 11.9. The van der Waals surface area contributed by atoms with Crippen LogP contribution in [0.15, 0.2) is 30.5 Å². The summed E-state index contributed by atoms with van der Waals surface area (Å²) in [4.78, 5) is 40.9. The van der Waals surface area contributed by atoms with Crippen molar-refractivity contribution < 1.29 is 19.1 Å². The molecule has 2 heterocycles. The van der Waals surface area contributed by atoms with Crippen LogP contribution in [0.5, 0.6) is 5.75 Å². The minimum absolute atomic E-state index is 0.0646. The van der Waals surface area contributed by atoms with Crippen molar-refractivity contribution in [3.05, 3.63) is 35.3 Å². The summed E-state index contributed by atoms with van der Waals surface area (Å²) in [7, 11) is 1.60. The number of methoxy groups -OCH3 is 1. The van der Waals surface area contributed by atoms with E-state index in [2.05, 4.69) is 15.6 Å². The van der Waals surface area contributed by atoms with Crippen molar-refractivity contribution in [1.82, 2.24) is 20.5 Å². The average Bonchev–Trinajstić information content (AvgIpc) is 3.22. The maximum Gasteiger partial charge on any atom is 0.325 e. The fraction of sp³-hybridized carbons (Fsp3) is 0.250. The fourth-order valence-electron chi connectivity index (χ4n) is 2.28. The van der Waals surface area contributed by atoms with E-state index in [-0.39, 0.29) is 19.6 Å². The molecule has 0 bridgehead atoms. The zero-order valence-electron chi connectivity index (χ0n) is 13.4. The minimum atomic E-state index is -0.543. The highest BCUT2D eigenvalue weighted by Gasteiger charge is 2.29. The highest BCUT2D eigenvalue weighted by atomic mass is 32.1. The van der Waals surface area contributed by atoms with Crippen LogP contribution in [-0.2, 0) is 16.1 Å². The largest absolute Gasteiger partial charge is 0.497 e. The Labute approximate surface area is 147 Å². The number of hydrogen-bond acceptors (Lipinski definition) is 6. The second-order valence-corrected chi connectivity index (χ2v) is 6.39. The van der Waals surface area contributed by atoms with Gasteiger partial charge in [-0.25, -0.2) is 9.78 Å². The molecule has 1 aliphatic heterocycles. The van der Waals surface area contributed by atoms with E-state index >= 15 is 0 Å². The Kier molecular flexibility index (Phi) is 4.94. The van der Waals surface area contributed by atoms with E-state index in [0.717, 1.165) is 26.1 Å². The molecular formula is C16H16N4O4S. The van der Waals surface area contributed by atoms with E-state index in [4.69, 9.17) is 4.74 Å². The number of carbonyl (C=O) groups is 3. The van der Waals surface area contributed by atoms with Crippen LogP contribution < -0.4 is 15.4 Å². The molecule has 0 unspecified atom stereocenters. The van der Waals surface area contributed by atoms with Crippen LogP contribution in [0.25, 0.3) is 10.6 Å². The molecule has 1 saturated heterocycles. The first-order valence-electron chi connectivity index (χ1n) is 7.51. The lowest BCUT2D eigenvalue weighted by atomic mass is 10.2. The van der Waals surface area contributed by atoms with Crippen LogP contribution in [0.3, 0.4) is 0 Å². The van der Waals surface area contributed by atoms with Gasteiger partial charge in [0, 0.05) is 16.6 Å². The van der Waals surface area contributed by atoms with Gasteiger partial charge < -0.3 is 15.4 Å². The first-order valence-corrected chi connectivity index (χ1v) is 8.32. The second kappa shape index (κ2) is 7.31. The topological polar surface area (TPSA) is 101 Å². The molecule has 25 heavy (non-hydrogen) atoms. The van der Waals surface area contributed by atoms with Crippen LogP contribution in [0.1, 0.15) is 4.88 Å². The van der Waals surface area contributed by atoms with E-state index in [1.165, 1.54) is 11.3 Å². The van der Waals surface area contributed by atoms with Gasteiger partial charge in [0.1, 0.15) is 17.3 Å². The van der Waals surface area contributed by atoms with Crippen LogP contribution in [0.2, 0.25) is 0 Å². The Balaban J connectivity index is 1.57. The number of nitrogens with zero attached hydrogens (tertiary/aromatic N) is 2. The Morgan fingerprint density at radius 3 is 3.00 bits per heavy atom. The average molecular weight is 360 g/mol. The number of urea groups is 1. The minimum Gasteiger partial charge on any atom is -0.497 e. The Morgan fingerprint density at radius 1 is 1.44 bits per heavy atom. The Bertz CT molecular complexity index is 804. The molecular weight excluding hydrogens is 344 g/mol. The zero-order chi connectivity index (χ0) is 17.8. The Morgan fingerprint density at radius 2 is 2.28 bits per heavy atom. The smallest absolute Gasteiger partial charge is 0.325 e. The van der Waals surface area contributed by atoms with Crippen molar-refractivity contribution in [2.75, 3.05) is 20.2 Å². The van der Waals surface area contributed by atoms with Gasteiger partial charge in [0.15, 0.2) is 0 Å². The molecule has 1 fully saturated rings. The molecule has 1 aliphatic rings. The van der Waals surface area contributed by atoms with Gasteiger partial charge in [0.05, 0.1) is 20.2 Å². The van der Waals surface area contributed by atoms with E-state index in [1.807, 2.05) is 24.3 Å². The highest BCUT2D eigenvalue weighted by Crippen LogP contribution is 2.27. The fourth-order valence-corrected chi connectivity index (χ4v) is 3.13. The number of aromatic nitrogens is 1. The summed E-state index contributed by atoms with van der Waals surface area (Å²) in [5.41, 5.74) is 0.932. The van der Waals surface area contributed by atoms with Crippen LogP contribution in [0, 0.1) is 0 Å². The van der Waals surface area contributed by atoms with E-state index in [9.17, 15) is 14.4 Å². The molecule has 3 rings (SSSR count). The number of hydrogen-bond donors (Lipinski definition) is 2. The molecule has 9 heteroatoms. The Hall–Kier alpha value is -2.94. The van der Waals surface area contributed by atoms with E-state index in [1.54, 1.807) is 13.3 Å². The number of thiazole rings is 1. The lowest BCUT2D eigenvalue weighted by Crippen LogP contribution is -2.40. The predicted molar refractivity (Wildman–Crippen MR) is 91.1 cm³/mol. The SMILES string of the molecule is COc1cccc(-c2ncc(CNC(=O)CN3C(=O)CNC3=O)s2)c1. The highest BCUT2D eigenvalue weighted by molar-refractivity contribution is 7.15. The summed E-state index contributed by atoms with van der Waals surface area (Å²) in [5, 5.41) is 5.87. The zero-order valence-corrected chi connectivity index (χ0v) is 14.3. The molecule has 1 aromatic heterocycles. The third-order valence-corrected chi connectivity index (χ3v) is 4.62. The summed E-state index contributed by atoms with van der Waals surface area (Å²) in [6.45, 7) is -0.0683. The van der Waals surface area contributed by atoms with Crippen molar-refractivity contribution in [2.45, 2.75) is 6.54 Å². The van der Waals surface area contributed by atoms with E-state index < -0.39 is 17.8 Å². The molecule has 2 N–H and O–H groups in total. The molecule has 4 amide bonds. The number of amides is 4. The molecule has 130 valence electrons. The third kappa shape index (κ3) is 3.94. The normalized spacial score (nSPS) is 13.7. The van der Waals surface area contributed by atoms with Gasteiger partial charge in [-0.15, -0.1) is 11.3 Å². The molecule has 0 aliphatic carbocycles. The first kappa shape index (κ1) is 16.9. The number of benzene rings is 1. The third-order valence-electron chi connectivity index (χ3n) is 3.57. The van der Waals surface area contributed by atoms with Crippen molar-refractivity contribution in [2.24, 2.45) is 0 Å². The standard InChI is InChI=1S/C16H16N4O4S/c1-24-11-4-2-3-10(5-11)15-18-7-12(25-15)6-17-13(21)9-20-14(22)8-19-16(20)23/h2-5,7H,6,8-9H2,1H3,(H,17,21)(H,19,23). The number of imide groups is 1. The van der Waals surface area contributed by atoms with Gasteiger partial charge in [-0.2, -0.15) is 0 Å². The van der Waals surface area contributed by atoms with Crippen molar-refractivity contribution >= 4 is 29.2 Å². The van der Waals surface area contributed by atoms with Gasteiger partial charge in [-0.3, -0.25) is 14.5 Å². The van der Waals surface area contributed by atoms with Gasteiger partial charge in [0.2, 0.25) is 5.91 Å². The van der Waals surface area contributed by atoms with Crippen LogP contribution in [0.4, 0.5) is 4.79 Å². The summed E-state index contributed by atoms with van der Waals surface area (Å²) >= 11 is 1.45. The molecule has 0 saturated carbocycles. The van der Waals surface area contributed by atoms with Crippen molar-refractivity contribution in [1.29, 1.82) is 0 Å². The molecule has 0 atom stereocenters. The quantitative estimate of drug-likeness (QED) is 0.748. The maximum absolute atomic E-state index is 11.9. The summed E-state index contributed by atoms with van der Waals surface area (Å²) in [6, 6.07) is 7.02. The van der Waals surface area contributed by atoms with Gasteiger partial charge in [0.25, 0.3) is 5.91 Å². The van der Waals surface area contributed by atoms with Crippen LogP contribution >= 0.6 is 11.3 Å². The molecule has 0 spiro atoms. The van der Waals surface area contributed by atoms with Crippen molar-refractivity contribution in [3.8, 4) is 16.3 Å². The molecule has 0 radical (unpaired) electrons. The number of ether oxygens (including phenoxy) is 1. The molecule has 2 aromatic rings. The van der Waals surface area contributed by atoms with E-state index in [0.29, 0.717) is 0 Å². The molecule has 8 nitrogen and oxygen atoms in total. The summed E-state index contributed by atoms with van der Waals surface area (Å²) in [5.74, 6) is -0.0592. The predicted octanol–water partition coefficient (Wildman–Crippen LogP) is 0.987.